The van der Waals surface area contributed by atoms with E-state index >= 15 is 0 Å². The predicted octanol–water partition coefficient (Wildman–Crippen LogP) is 4.18. The van der Waals surface area contributed by atoms with Crippen LogP contribution < -0.4 is 5.73 Å². The summed E-state index contributed by atoms with van der Waals surface area (Å²) in [5, 5.41) is 0.678. The van der Waals surface area contributed by atoms with Crippen molar-refractivity contribution in [1.29, 1.82) is 0 Å². The third-order valence-corrected chi connectivity index (χ3v) is 7.54. The monoisotopic (exact) mass is 454 g/mol. The highest BCUT2D eigenvalue weighted by Crippen LogP contribution is 2.41. The number of benzene rings is 2. The molecule has 8 heteroatoms. The fourth-order valence-corrected chi connectivity index (χ4v) is 5.11. The van der Waals surface area contributed by atoms with Crippen molar-refractivity contribution < 1.29 is 13.2 Å². The number of amides is 1. The molecule has 1 aliphatic rings. The van der Waals surface area contributed by atoms with Crippen LogP contribution in [-0.2, 0) is 15.3 Å². The summed E-state index contributed by atoms with van der Waals surface area (Å²) in [6.07, 6.45) is 4.08. The lowest BCUT2D eigenvalue weighted by atomic mass is 9.68. The van der Waals surface area contributed by atoms with Crippen LogP contribution >= 0.6 is 23.4 Å². The van der Waals surface area contributed by atoms with Crippen molar-refractivity contribution in [2.75, 3.05) is 12.8 Å². The molecule has 0 unspecified atom stereocenters. The molecule has 1 aliphatic carbocycles. The maximum atomic E-state index is 12.8. The van der Waals surface area contributed by atoms with Crippen molar-refractivity contribution in [3.63, 3.8) is 0 Å². The van der Waals surface area contributed by atoms with Gasteiger partial charge in [0.25, 0.3) is 5.91 Å². The molecule has 2 N–H and O–H groups in total. The summed E-state index contributed by atoms with van der Waals surface area (Å²) in [6.45, 7) is 0.493. The lowest BCUT2D eigenvalue weighted by Crippen LogP contribution is -2.44. The summed E-state index contributed by atoms with van der Waals surface area (Å²) < 4.78 is 24.7. The van der Waals surface area contributed by atoms with Crippen molar-refractivity contribution in [2.24, 2.45) is 5.73 Å². The molecule has 0 heterocycles. The first-order valence-electron chi connectivity index (χ1n) is 9.42. The van der Waals surface area contributed by atoms with Gasteiger partial charge in [-0.05, 0) is 61.6 Å². The molecule has 2 aromatic rings. The predicted molar refractivity (Wildman–Crippen MR) is 116 cm³/mol. The highest BCUT2D eigenvalue weighted by molar-refractivity contribution is 7.90. The maximum Gasteiger partial charge on any atom is 0.268 e. The highest BCUT2D eigenvalue weighted by atomic mass is 35.5. The number of carbonyl (C=O) groups excluding carboxylic acids is 1. The molecule has 0 saturated heterocycles. The summed E-state index contributed by atoms with van der Waals surface area (Å²) in [7, 11) is -3.40. The fraction of sp³-hybridized carbons (Fsp3) is 0.381. The molecule has 2 aromatic carbocycles. The van der Waals surface area contributed by atoms with E-state index in [4.69, 9.17) is 29.1 Å². The quantitative estimate of drug-likeness (QED) is 0.686. The van der Waals surface area contributed by atoms with E-state index in [2.05, 4.69) is 0 Å². The first kappa shape index (κ1) is 22.1. The number of hydrogen-bond acceptors (Lipinski definition) is 4. The zero-order valence-electron chi connectivity index (χ0n) is 16.1. The number of nitrogens with zero attached hydrogens (tertiary/aromatic N) is 1. The summed E-state index contributed by atoms with van der Waals surface area (Å²) >= 11 is 12.6. The normalized spacial score (nSPS) is 22.3. The third kappa shape index (κ3) is 4.77. The van der Waals surface area contributed by atoms with Crippen LogP contribution in [0.2, 0.25) is 5.02 Å². The molecule has 5 nitrogen and oxygen atoms in total. The van der Waals surface area contributed by atoms with Crippen LogP contribution in [0.1, 0.15) is 41.6 Å². The molecule has 0 spiro atoms. The second kappa shape index (κ2) is 8.64. The Bertz CT molecular complexity index is 1000. The molecule has 0 aromatic heterocycles. The number of rotatable bonds is 5. The van der Waals surface area contributed by atoms with Crippen molar-refractivity contribution in [2.45, 2.75) is 42.0 Å². The summed E-state index contributed by atoms with van der Waals surface area (Å²) in [5.74, 6) is -0.398. The van der Waals surface area contributed by atoms with Crippen molar-refractivity contribution in [1.82, 2.24) is 4.42 Å². The second-order valence-electron chi connectivity index (χ2n) is 7.64. The van der Waals surface area contributed by atoms with Gasteiger partial charge >= 0.3 is 0 Å². The lowest BCUT2D eigenvalue weighted by molar-refractivity contribution is 0.0778. The average Bonchev–Trinajstić information content (AvgIpc) is 2.72. The Hall–Kier alpha value is -1.60. The zero-order valence-corrected chi connectivity index (χ0v) is 18.5. The Morgan fingerprint density at radius 2 is 1.83 bits per heavy atom. The number of sulfone groups is 1. The number of halogens is 2. The minimum absolute atomic E-state index is 0.0974. The minimum Gasteiger partial charge on any atom is -0.330 e. The Kier molecular flexibility index (Phi) is 6.58. The molecule has 1 amide bonds. The largest absolute Gasteiger partial charge is 0.330 e. The van der Waals surface area contributed by atoms with Gasteiger partial charge in [-0.25, -0.2) is 12.8 Å². The van der Waals surface area contributed by atoms with Crippen molar-refractivity contribution in [3.8, 4) is 0 Å². The summed E-state index contributed by atoms with van der Waals surface area (Å²) in [5.41, 5.74) is 7.32. The van der Waals surface area contributed by atoms with Crippen LogP contribution in [0.4, 0.5) is 0 Å². The van der Waals surface area contributed by atoms with Crippen molar-refractivity contribution in [3.05, 3.63) is 64.7 Å². The molecule has 0 radical (unpaired) electrons. The van der Waals surface area contributed by atoms with E-state index in [0.717, 1.165) is 24.7 Å². The van der Waals surface area contributed by atoms with E-state index < -0.39 is 15.7 Å². The van der Waals surface area contributed by atoms with E-state index in [-0.39, 0.29) is 21.9 Å². The lowest BCUT2D eigenvalue weighted by Gasteiger charge is -2.41. The molecule has 1 saturated carbocycles. The molecule has 3 rings (SSSR count). The van der Waals surface area contributed by atoms with E-state index in [1.165, 1.54) is 16.6 Å². The van der Waals surface area contributed by atoms with Gasteiger partial charge in [0.2, 0.25) is 0 Å². The van der Waals surface area contributed by atoms with Gasteiger partial charge in [0.1, 0.15) is 0 Å². The molecule has 0 atom stereocenters. The smallest absolute Gasteiger partial charge is 0.268 e. The summed E-state index contributed by atoms with van der Waals surface area (Å²) in [6, 6.07) is 13.6. The van der Waals surface area contributed by atoms with Crippen LogP contribution in [-0.4, -0.2) is 37.6 Å². The Labute approximate surface area is 181 Å². The van der Waals surface area contributed by atoms with Gasteiger partial charge in [0.05, 0.1) is 4.90 Å². The Morgan fingerprint density at radius 1 is 1.17 bits per heavy atom. The molecular weight excluding hydrogens is 431 g/mol. The van der Waals surface area contributed by atoms with Crippen LogP contribution in [0.15, 0.2) is 53.4 Å². The van der Waals surface area contributed by atoms with Gasteiger partial charge < -0.3 is 5.73 Å². The van der Waals surface area contributed by atoms with Crippen LogP contribution in [0.25, 0.3) is 0 Å². The standard InChI is InChI=1S/C21H24Cl2N2O3S/c1-29(27,28)19-7-2-4-15(12-19)20(26)25(23)18-8-10-21(14-24,11-9-18)16-5-3-6-17(22)13-16/h2-7,12-13,18H,8-11,14,24H2,1H3. The molecule has 1 fully saturated rings. The highest BCUT2D eigenvalue weighted by Gasteiger charge is 2.38. The van der Waals surface area contributed by atoms with Crippen LogP contribution in [0, 0.1) is 0 Å². The van der Waals surface area contributed by atoms with E-state index in [1.54, 1.807) is 12.1 Å². The molecular formula is C21H24Cl2N2O3S. The van der Waals surface area contributed by atoms with E-state index in [1.807, 2.05) is 24.3 Å². The van der Waals surface area contributed by atoms with E-state index in [9.17, 15) is 13.2 Å². The number of hydrogen-bond donors (Lipinski definition) is 1. The fourth-order valence-electron chi connectivity index (χ4n) is 3.96. The van der Waals surface area contributed by atoms with E-state index in [0.29, 0.717) is 24.4 Å². The Balaban J connectivity index is 1.74. The second-order valence-corrected chi connectivity index (χ2v) is 10.5. The van der Waals surface area contributed by atoms with Gasteiger partial charge in [0, 0.05) is 46.6 Å². The zero-order chi connectivity index (χ0) is 21.2. The third-order valence-electron chi connectivity index (χ3n) is 5.76. The average molecular weight is 455 g/mol. The molecule has 0 aliphatic heterocycles. The summed E-state index contributed by atoms with van der Waals surface area (Å²) in [4.78, 5) is 12.9. The minimum atomic E-state index is -3.40. The van der Waals surface area contributed by atoms with Gasteiger partial charge in [-0.2, -0.15) is 0 Å². The molecule has 0 bridgehead atoms. The van der Waals surface area contributed by atoms with Crippen LogP contribution in [0.3, 0.4) is 0 Å². The number of carbonyl (C=O) groups is 1. The van der Waals surface area contributed by atoms with Crippen LogP contribution in [0.5, 0.6) is 0 Å². The van der Waals surface area contributed by atoms with Gasteiger partial charge in [-0.1, -0.05) is 29.8 Å². The molecule has 156 valence electrons. The molecule has 29 heavy (non-hydrogen) atoms. The Morgan fingerprint density at radius 3 is 2.41 bits per heavy atom. The number of nitrogens with two attached hydrogens (primary N) is 1. The van der Waals surface area contributed by atoms with Gasteiger partial charge in [-0.3, -0.25) is 4.79 Å². The first-order valence-corrected chi connectivity index (χ1v) is 12.0. The maximum absolute atomic E-state index is 12.8. The van der Waals surface area contributed by atoms with Gasteiger partial charge in [0.15, 0.2) is 9.84 Å². The first-order chi connectivity index (χ1) is 13.7. The topological polar surface area (TPSA) is 80.5 Å². The van der Waals surface area contributed by atoms with Gasteiger partial charge in [-0.15, -0.1) is 0 Å². The SMILES string of the molecule is CS(=O)(=O)c1cccc(C(=O)N(Cl)C2CCC(CN)(c3cccc(Cl)c3)CC2)c1. The van der Waals surface area contributed by atoms with Crippen molar-refractivity contribution >= 4 is 39.1 Å².